The molecule has 0 aliphatic heterocycles. The molecule has 1 rings (SSSR count). The highest BCUT2D eigenvalue weighted by atomic mass is 16.3. The third kappa shape index (κ3) is 1.71. The van der Waals surface area contributed by atoms with Gasteiger partial charge in [0.05, 0.1) is 11.7 Å². The zero-order chi connectivity index (χ0) is 7.61. The Kier molecular flexibility index (Phi) is 1.96. The molecule has 0 saturated heterocycles. The monoisotopic (exact) mass is 139 g/mol. The molecule has 0 aromatic carbocycles. The molecule has 0 aromatic rings. The maximum Gasteiger partial charge on any atom is 0.0656 e. The van der Waals surface area contributed by atoms with E-state index in [0.29, 0.717) is 6.42 Å². The molecule has 0 spiro atoms. The van der Waals surface area contributed by atoms with E-state index < -0.39 is 5.60 Å². The Morgan fingerprint density at radius 1 is 1.70 bits per heavy atom. The van der Waals surface area contributed by atoms with Crippen LogP contribution in [0.2, 0.25) is 0 Å². The first-order chi connectivity index (χ1) is 4.64. The summed E-state index contributed by atoms with van der Waals surface area (Å²) in [4.78, 5) is 0. The zero-order valence-corrected chi connectivity index (χ0v) is 6.30. The lowest BCUT2D eigenvalue weighted by molar-refractivity contribution is 0.0106. The van der Waals surface area contributed by atoms with Crippen LogP contribution in [0.5, 0.6) is 0 Å². The topological polar surface area (TPSA) is 44.0 Å². The maximum absolute atomic E-state index is 9.52. The Balaban J connectivity index is 2.49. The van der Waals surface area contributed by atoms with Crippen molar-refractivity contribution in [3.05, 3.63) is 0 Å². The third-order valence-corrected chi connectivity index (χ3v) is 2.14. The van der Waals surface area contributed by atoms with Gasteiger partial charge in [-0.15, -0.1) is 0 Å². The Bertz CT molecular complexity index is 157. The molecule has 0 amide bonds. The molecular weight excluding hydrogens is 126 g/mol. The van der Waals surface area contributed by atoms with Crippen molar-refractivity contribution in [3.8, 4) is 6.07 Å². The van der Waals surface area contributed by atoms with E-state index in [2.05, 4.69) is 6.07 Å². The van der Waals surface area contributed by atoms with E-state index in [9.17, 15) is 5.11 Å². The van der Waals surface area contributed by atoms with Crippen molar-refractivity contribution in [1.29, 1.82) is 5.26 Å². The average Bonchev–Trinajstić information content (AvgIpc) is 1.86. The Morgan fingerprint density at radius 3 is 2.80 bits per heavy atom. The van der Waals surface area contributed by atoms with Gasteiger partial charge in [0.2, 0.25) is 0 Å². The molecule has 0 heterocycles. The molecule has 2 heteroatoms. The van der Waals surface area contributed by atoms with Gasteiger partial charge in [-0.25, -0.2) is 0 Å². The lowest BCUT2D eigenvalue weighted by atomic mass is 9.80. The first kappa shape index (κ1) is 7.56. The first-order valence-electron chi connectivity index (χ1n) is 3.76. The van der Waals surface area contributed by atoms with Crippen LogP contribution in [0.3, 0.4) is 0 Å². The van der Waals surface area contributed by atoms with Crippen LogP contribution in [-0.4, -0.2) is 10.7 Å². The van der Waals surface area contributed by atoms with Gasteiger partial charge in [0.25, 0.3) is 0 Å². The van der Waals surface area contributed by atoms with E-state index in [1.54, 1.807) is 0 Å². The minimum absolute atomic E-state index is 0.0868. The molecule has 2 nitrogen and oxygen atoms in total. The molecule has 0 radical (unpaired) electrons. The molecule has 0 bridgehead atoms. The molecule has 0 aromatic heterocycles. The second kappa shape index (κ2) is 2.59. The number of hydrogen-bond acceptors (Lipinski definition) is 2. The van der Waals surface area contributed by atoms with Crippen molar-refractivity contribution in [2.75, 3.05) is 0 Å². The summed E-state index contributed by atoms with van der Waals surface area (Å²) in [6.45, 7) is 1.82. The molecule has 2 unspecified atom stereocenters. The normalized spacial score (nSPS) is 40.7. The second-order valence-electron chi connectivity index (χ2n) is 3.42. The molecule has 1 aliphatic carbocycles. The number of nitrogens with zero attached hydrogens (tertiary/aromatic N) is 1. The van der Waals surface area contributed by atoms with Crippen LogP contribution in [0.4, 0.5) is 0 Å². The largest absolute Gasteiger partial charge is 0.390 e. The SMILES string of the molecule is CC1(O)CCCC(C#N)C1. The van der Waals surface area contributed by atoms with E-state index >= 15 is 0 Å². The van der Waals surface area contributed by atoms with Gasteiger partial charge in [-0.05, 0) is 32.6 Å². The molecule has 2 atom stereocenters. The van der Waals surface area contributed by atoms with Gasteiger partial charge >= 0.3 is 0 Å². The second-order valence-corrected chi connectivity index (χ2v) is 3.42. The van der Waals surface area contributed by atoms with Gasteiger partial charge in [0, 0.05) is 5.92 Å². The molecule has 1 N–H and O–H groups in total. The van der Waals surface area contributed by atoms with Gasteiger partial charge in [0.15, 0.2) is 0 Å². The van der Waals surface area contributed by atoms with E-state index in [0.717, 1.165) is 19.3 Å². The van der Waals surface area contributed by atoms with Crippen molar-refractivity contribution in [3.63, 3.8) is 0 Å². The number of nitriles is 1. The van der Waals surface area contributed by atoms with Crippen LogP contribution < -0.4 is 0 Å². The van der Waals surface area contributed by atoms with Gasteiger partial charge in [-0.1, -0.05) is 0 Å². The van der Waals surface area contributed by atoms with Gasteiger partial charge in [-0.2, -0.15) is 5.26 Å². The number of hydrogen-bond donors (Lipinski definition) is 1. The molecular formula is C8H13NO. The van der Waals surface area contributed by atoms with E-state index in [-0.39, 0.29) is 5.92 Å². The predicted octanol–water partition coefficient (Wildman–Crippen LogP) is 1.45. The van der Waals surface area contributed by atoms with Crippen LogP contribution in [-0.2, 0) is 0 Å². The van der Waals surface area contributed by atoms with Crippen LogP contribution in [0.25, 0.3) is 0 Å². The van der Waals surface area contributed by atoms with Gasteiger partial charge < -0.3 is 5.11 Å². The minimum Gasteiger partial charge on any atom is -0.390 e. The lowest BCUT2D eigenvalue weighted by Crippen LogP contribution is -2.31. The van der Waals surface area contributed by atoms with Crippen molar-refractivity contribution in [2.45, 2.75) is 38.2 Å². The fourth-order valence-corrected chi connectivity index (χ4v) is 1.57. The standard InChI is InChI=1S/C8H13NO/c1-8(10)4-2-3-7(5-8)6-9/h7,10H,2-5H2,1H3. The molecule has 1 aliphatic rings. The smallest absolute Gasteiger partial charge is 0.0656 e. The summed E-state index contributed by atoms with van der Waals surface area (Å²) in [6.07, 6.45) is 3.46. The van der Waals surface area contributed by atoms with E-state index in [1.807, 2.05) is 6.92 Å². The van der Waals surface area contributed by atoms with Crippen molar-refractivity contribution in [1.82, 2.24) is 0 Å². The Labute approximate surface area is 61.5 Å². The molecule has 1 fully saturated rings. The highest BCUT2D eigenvalue weighted by molar-refractivity contribution is 4.92. The highest BCUT2D eigenvalue weighted by Gasteiger charge is 2.29. The zero-order valence-electron chi connectivity index (χ0n) is 6.30. The summed E-state index contributed by atoms with van der Waals surface area (Å²) >= 11 is 0. The average molecular weight is 139 g/mol. The van der Waals surface area contributed by atoms with Crippen molar-refractivity contribution in [2.24, 2.45) is 5.92 Å². The van der Waals surface area contributed by atoms with Crippen molar-refractivity contribution >= 4 is 0 Å². The maximum atomic E-state index is 9.52. The lowest BCUT2D eigenvalue weighted by Gasteiger charge is -2.30. The minimum atomic E-state index is -0.571. The van der Waals surface area contributed by atoms with Crippen LogP contribution in [0, 0.1) is 17.2 Å². The van der Waals surface area contributed by atoms with Crippen LogP contribution in [0.1, 0.15) is 32.6 Å². The number of rotatable bonds is 0. The summed E-state index contributed by atoms with van der Waals surface area (Å²) in [7, 11) is 0. The van der Waals surface area contributed by atoms with Gasteiger partial charge in [0.1, 0.15) is 0 Å². The predicted molar refractivity (Wildman–Crippen MR) is 38.2 cm³/mol. The third-order valence-electron chi connectivity index (χ3n) is 2.14. The fraction of sp³-hybridized carbons (Fsp3) is 0.875. The Hall–Kier alpha value is -0.550. The van der Waals surface area contributed by atoms with Crippen LogP contribution >= 0.6 is 0 Å². The molecule has 56 valence electrons. The van der Waals surface area contributed by atoms with E-state index in [4.69, 9.17) is 5.26 Å². The molecule has 10 heavy (non-hydrogen) atoms. The highest BCUT2D eigenvalue weighted by Crippen LogP contribution is 2.31. The molecule has 1 saturated carbocycles. The summed E-state index contributed by atoms with van der Waals surface area (Å²) < 4.78 is 0. The number of aliphatic hydroxyl groups is 1. The summed E-state index contributed by atoms with van der Waals surface area (Å²) in [5.74, 6) is 0.0868. The van der Waals surface area contributed by atoms with Crippen LogP contribution in [0.15, 0.2) is 0 Å². The summed E-state index contributed by atoms with van der Waals surface area (Å²) in [5, 5.41) is 18.1. The quantitative estimate of drug-likeness (QED) is 0.552. The van der Waals surface area contributed by atoms with Crippen molar-refractivity contribution < 1.29 is 5.11 Å². The summed E-state index contributed by atoms with van der Waals surface area (Å²) in [5.41, 5.74) is -0.571. The summed E-state index contributed by atoms with van der Waals surface area (Å²) in [6, 6.07) is 2.20. The fourth-order valence-electron chi connectivity index (χ4n) is 1.57. The van der Waals surface area contributed by atoms with Gasteiger partial charge in [-0.3, -0.25) is 0 Å². The Morgan fingerprint density at radius 2 is 2.40 bits per heavy atom. The van der Waals surface area contributed by atoms with E-state index in [1.165, 1.54) is 0 Å². The first-order valence-corrected chi connectivity index (χ1v) is 3.76.